The van der Waals surface area contributed by atoms with Gasteiger partial charge in [0, 0.05) is 11.7 Å². The van der Waals surface area contributed by atoms with Gasteiger partial charge in [0.05, 0.1) is 35.9 Å². The summed E-state index contributed by atoms with van der Waals surface area (Å²) in [7, 11) is 1.51. The smallest absolute Gasteiger partial charge is 0.325 e. The Morgan fingerprint density at radius 2 is 1.60 bits per heavy atom. The van der Waals surface area contributed by atoms with Crippen LogP contribution in [0.3, 0.4) is 0 Å². The normalized spacial score (nSPS) is 19.2. The molecule has 2 aromatic carbocycles. The summed E-state index contributed by atoms with van der Waals surface area (Å²) in [4.78, 5) is 39.0. The number of fused-ring (bicyclic) bond motifs is 2. The molecule has 2 bridgehead atoms. The standard InChI is InChI=1S/C29H34Cl2N2O7/c1-4-38-26(34)15-33(16-27(35)39-5-2)19-12-22(30)28(23(31)13-19)40-20-8-9-25(37-3)21(14-20)29(36)32-24-11-17-6-7-18(24)10-17/h8-9,12-14,17-18,24H,4-7,10-11,15-16H2,1-3H3,(H,32,36). The number of hydrogen-bond acceptors (Lipinski definition) is 8. The van der Waals surface area contributed by atoms with Crippen molar-refractivity contribution >= 4 is 46.7 Å². The Morgan fingerprint density at radius 3 is 2.12 bits per heavy atom. The summed E-state index contributed by atoms with van der Waals surface area (Å²) in [6.45, 7) is 3.37. The average molecular weight is 594 g/mol. The van der Waals surface area contributed by atoms with Crippen LogP contribution in [0, 0.1) is 11.8 Å². The third-order valence-electron chi connectivity index (χ3n) is 7.29. The second-order valence-electron chi connectivity index (χ2n) is 9.92. The summed E-state index contributed by atoms with van der Waals surface area (Å²) in [5.41, 5.74) is 0.755. The fourth-order valence-corrected chi connectivity index (χ4v) is 6.06. The molecule has 0 radical (unpaired) electrons. The maximum atomic E-state index is 13.2. The minimum atomic E-state index is -0.520. The van der Waals surface area contributed by atoms with Gasteiger partial charge >= 0.3 is 11.9 Å². The van der Waals surface area contributed by atoms with Crippen LogP contribution in [0.5, 0.6) is 17.2 Å². The van der Waals surface area contributed by atoms with E-state index in [1.54, 1.807) is 32.0 Å². The van der Waals surface area contributed by atoms with E-state index in [0.717, 1.165) is 12.8 Å². The minimum absolute atomic E-state index is 0.143. The first-order valence-electron chi connectivity index (χ1n) is 13.4. The Kier molecular flexibility index (Phi) is 10.0. The fourth-order valence-electron chi connectivity index (χ4n) is 5.50. The molecule has 2 aliphatic rings. The highest BCUT2D eigenvalue weighted by atomic mass is 35.5. The van der Waals surface area contributed by atoms with Crippen molar-refractivity contribution in [2.75, 3.05) is 38.3 Å². The molecule has 0 saturated heterocycles. The van der Waals surface area contributed by atoms with E-state index < -0.39 is 11.9 Å². The number of nitrogens with one attached hydrogen (secondary N) is 1. The molecule has 3 unspecified atom stereocenters. The third-order valence-corrected chi connectivity index (χ3v) is 7.85. The lowest BCUT2D eigenvalue weighted by molar-refractivity contribution is -0.142. The highest BCUT2D eigenvalue weighted by Crippen LogP contribution is 2.45. The van der Waals surface area contributed by atoms with Crippen molar-refractivity contribution in [2.24, 2.45) is 11.8 Å². The molecule has 1 amide bonds. The van der Waals surface area contributed by atoms with Gasteiger partial charge in [-0.05, 0) is 75.3 Å². The predicted molar refractivity (Wildman–Crippen MR) is 152 cm³/mol. The van der Waals surface area contributed by atoms with Crippen molar-refractivity contribution in [1.82, 2.24) is 5.32 Å². The Hall–Kier alpha value is -3.17. The number of rotatable bonds is 12. The molecule has 40 heavy (non-hydrogen) atoms. The van der Waals surface area contributed by atoms with Gasteiger partial charge in [0.2, 0.25) is 0 Å². The van der Waals surface area contributed by atoms with Crippen LogP contribution in [-0.4, -0.2) is 57.3 Å². The summed E-state index contributed by atoms with van der Waals surface area (Å²) in [5.74, 6) is 0.888. The number of amides is 1. The number of nitrogens with zero attached hydrogens (tertiary/aromatic N) is 1. The number of methoxy groups -OCH3 is 1. The Morgan fingerprint density at radius 1 is 0.950 bits per heavy atom. The van der Waals surface area contributed by atoms with Gasteiger partial charge in [0.15, 0.2) is 5.75 Å². The van der Waals surface area contributed by atoms with Crippen LogP contribution in [-0.2, 0) is 19.1 Å². The zero-order chi connectivity index (χ0) is 28.8. The van der Waals surface area contributed by atoms with E-state index in [2.05, 4.69) is 5.32 Å². The monoisotopic (exact) mass is 592 g/mol. The average Bonchev–Trinajstić information content (AvgIpc) is 3.54. The van der Waals surface area contributed by atoms with Crippen LogP contribution < -0.4 is 19.7 Å². The molecule has 3 atom stereocenters. The van der Waals surface area contributed by atoms with Gasteiger partial charge < -0.3 is 29.2 Å². The van der Waals surface area contributed by atoms with Crippen molar-refractivity contribution in [2.45, 2.75) is 45.6 Å². The first-order valence-corrected chi connectivity index (χ1v) is 14.2. The van der Waals surface area contributed by atoms with Crippen LogP contribution in [0.1, 0.15) is 49.9 Å². The highest BCUT2D eigenvalue weighted by Gasteiger charge is 2.40. The van der Waals surface area contributed by atoms with Gasteiger partial charge in [-0.2, -0.15) is 0 Å². The lowest BCUT2D eigenvalue weighted by Gasteiger charge is -2.24. The second kappa shape index (κ2) is 13.5. The topological polar surface area (TPSA) is 103 Å². The summed E-state index contributed by atoms with van der Waals surface area (Å²) >= 11 is 13.1. The molecule has 0 spiro atoms. The molecule has 2 aliphatic carbocycles. The largest absolute Gasteiger partial charge is 0.496 e. The van der Waals surface area contributed by atoms with Crippen LogP contribution in [0.4, 0.5) is 5.69 Å². The Bertz CT molecular complexity index is 1210. The van der Waals surface area contributed by atoms with E-state index >= 15 is 0 Å². The predicted octanol–water partition coefficient (Wildman–Crippen LogP) is 5.65. The van der Waals surface area contributed by atoms with E-state index in [9.17, 15) is 14.4 Å². The first-order chi connectivity index (χ1) is 19.2. The summed E-state index contributed by atoms with van der Waals surface area (Å²) in [6.07, 6.45) is 4.58. The maximum absolute atomic E-state index is 13.2. The summed E-state index contributed by atoms with van der Waals surface area (Å²) in [5, 5.41) is 3.46. The Labute approximate surface area is 244 Å². The number of carbonyl (C=O) groups excluding carboxylic acids is 3. The number of esters is 2. The SMILES string of the molecule is CCOC(=O)CN(CC(=O)OCC)c1cc(Cl)c(Oc2ccc(OC)c(C(=O)NC3CC4CCC3C4)c2)c(Cl)c1. The minimum Gasteiger partial charge on any atom is -0.496 e. The molecule has 0 aromatic heterocycles. The molecule has 9 nitrogen and oxygen atoms in total. The van der Waals surface area contributed by atoms with Crippen molar-refractivity contribution in [3.8, 4) is 17.2 Å². The van der Waals surface area contributed by atoms with Crippen molar-refractivity contribution < 1.29 is 33.3 Å². The molecular weight excluding hydrogens is 559 g/mol. The van der Waals surface area contributed by atoms with Gasteiger partial charge in [-0.1, -0.05) is 29.6 Å². The molecule has 4 rings (SSSR count). The number of benzene rings is 2. The summed E-state index contributed by atoms with van der Waals surface area (Å²) < 4.78 is 21.5. The van der Waals surface area contributed by atoms with Gasteiger partial charge in [-0.25, -0.2) is 0 Å². The van der Waals surface area contributed by atoms with E-state index in [4.69, 9.17) is 42.1 Å². The molecule has 216 valence electrons. The second-order valence-corrected chi connectivity index (χ2v) is 10.7. The van der Waals surface area contributed by atoms with Crippen LogP contribution >= 0.6 is 23.2 Å². The van der Waals surface area contributed by atoms with Crippen LogP contribution in [0.15, 0.2) is 30.3 Å². The molecule has 0 aliphatic heterocycles. The van der Waals surface area contributed by atoms with Gasteiger partial charge in [0.1, 0.15) is 24.6 Å². The van der Waals surface area contributed by atoms with Gasteiger partial charge in [-0.3, -0.25) is 14.4 Å². The number of anilines is 1. The van der Waals surface area contributed by atoms with E-state index in [-0.39, 0.29) is 54.0 Å². The number of ether oxygens (including phenoxy) is 4. The summed E-state index contributed by atoms with van der Waals surface area (Å²) in [6, 6.07) is 8.14. The molecule has 0 heterocycles. The zero-order valence-corrected chi connectivity index (χ0v) is 24.3. The molecule has 2 fully saturated rings. The highest BCUT2D eigenvalue weighted by molar-refractivity contribution is 6.37. The van der Waals surface area contributed by atoms with Crippen molar-refractivity contribution in [3.63, 3.8) is 0 Å². The third kappa shape index (κ3) is 7.12. The van der Waals surface area contributed by atoms with E-state index in [0.29, 0.717) is 34.6 Å². The molecule has 11 heteroatoms. The van der Waals surface area contributed by atoms with Crippen molar-refractivity contribution in [1.29, 1.82) is 0 Å². The van der Waals surface area contributed by atoms with Crippen LogP contribution in [0.2, 0.25) is 10.0 Å². The van der Waals surface area contributed by atoms with Gasteiger partial charge in [-0.15, -0.1) is 0 Å². The number of carbonyl (C=O) groups is 3. The van der Waals surface area contributed by atoms with Crippen LogP contribution in [0.25, 0.3) is 0 Å². The maximum Gasteiger partial charge on any atom is 0.325 e. The first kappa shape index (κ1) is 29.8. The molecule has 2 saturated carbocycles. The quantitative estimate of drug-likeness (QED) is 0.315. The zero-order valence-electron chi connectivity index (χ0n) is 22.8. The Balaban J connectivity index is 1.54. The molecule has 1 N–H and O–H groups in total. The number of halogens is 2. The van der Waals surface area contributed by atoms with Gasteiger partial charge in [0.25, 0.3) is 5.91 Å². The number of hydrogen-bond donors (Lipinski definition) is 1. The lowest BCUT2D eigenvalue weighted by Crippen LogP contribution is -2.38. The fraction of sp³-hybridized carbons (Fsp3) is 0.483. The van der Waals surface area contributed by atoms with E-state index in [1.807, 2.05) is 0 Å². The van der Waals surface area contributed by atoms with E-state index in [1.165, 1.54) is 37.0 Å². The lowest BCUT2D eigenvalue weighted by atomic mass is 9.95. The molecular formula is C29H34Cl2N2O7. The molecule has 2 aromatic rings. The van der Waals surface area contributed by atoms with Crippen molar-refractivity contribution in [3.05, 3.63) is 45.9 Å².